The Bertz CT molecular complexity index is 588. The van der Waals surface area contributed by atoms with Crippen LogP contribution in [0.2, 0.25) is 0 Å². The van der Waals surface area contributed by atoms with Crippen LogP contribution in [-0.2, 0) is 4.79 Å². The van der Waals surface area contributed by atoms with Gasteiger partial charge in [-0.1, -0.05) is 6.92 Å². The van der Waals surface area contributed by atoms with Gasteiger partial charge in [-0.15, -0.1) is 0 Å². The van der Waals surface area contributed by atoms with Crippen molar-refractivity contribution in [3.8, 4) is 11.5 Å². The van der Waals surface area contributed by atoms with E-state index >= 15 is 0 Å². The Morgan fingerprint density at radius 1 is 1.22 bits per heavy atom. The number of ether oxygens (including phenoxy) is 2. The highest BCUT2D eigenvalue weighted by atomic mass is 16.5. The predicted molar refractivity (Wildman–Crippen MR) is 85.1 cm³/mol. The number of carboxylic acids is 1. The first kappa shape index (κ1) is 17.1. The maximum absolute atomic E-state index is 12.7. The summed E-state index contributed by atoms with van der Waals surface area (Å²) in [7, 11) is 3.10. The molecule has 1 heterocycles. The fraction of sp³-hybridized carbons (Fsp3) is 0.529. The number of amides is 1. The second-order valence-corrected chi connectivity index (χ2v) is 5.97. The quantitative estimate of drug-likeness (QED) is 0.920. The SMILES string of the molecule is COc1cc(C(=O)N2CCC(C(=O)O)C(C)C2)cc(OC)c1C. The summed E-state index contributed by atoms with van der Waals surface area (Å²) in [4.78, 5) is 25.6. The maximum Gasteiger partial charge on any atom is 0.306 e. The third kappa shape index (κ3) is 3.41. The van der Waals surface area contributed by atoms with Crippen molar-refractivity contribution in [2.75, 3.05) is 27.3 Å². The molecule has 6 nitrogen and oxygen atoms in total. The lowest BCUT2D eigenvalue weighted by Crippen LogP contribution is -2.45. The molecule has 126 valence electrons. The van der Waals surface area contributed by atoms with Gasteiger partial charge in [0.1, 0.15) is 11.5 Å². The van der Waals surface area contributed by atoms with E-state index < -0.39 is 5.97 Å². The van der Waals surface area contributed by atoms with Gasteiger partial charge in [0.15, 0.2) is 0 Å². The van der Waals surface area contributed by atoms with Crippen LogP contribution in [0.1, 0.15) is 29.3 Å². The van der Waals surface area contributed by atoms with Crippen LogP contribution < -0.4 is 9.47 Å². The minimum Gasteiger partial charge on any atom is -0.496 e. The van der Waals surface area contributed by atoms with Crippen LogP contribution in [0.25, 0.3) is 0 Å². The third-order valence-corrected chi connectivity index (χ3v) is 4.51. The molecule has 0 aliphatic carbocycles. The lowest BCUT2D eigenvalue weighted by Gasteiger charge is -2.35. The van der Waals surface area contributed by atoms with Gasteiger partial charge in [0.2, 0.25) is 0 Å². The van der Waals surface area contributed by atoms with E-state index in [-0.39, 0.29) is 17.7 Å². The highest BCUT2D eigenvalue weighted by molar-refractivity contribution is 5.95. The zero-order valence-electron chi connectivity index (χ0n) is 14.0. The van der Waals surface area contributed by atoms with Crippen LogP contribution in [0, 0.1) is 18.8 Å². The Balaban J connectivity index is 2.23. The molecule has 1 saturated heterocycles. The van der Waals surface area contributed by atoms with Crippen molar-refractivity contribution in [2.24, 2.45) is 11.8 Å². The molecule has 2 rings (SSSR count). The molecule has 0 bridgehead atoms. The monoisotopic (exact) mass is 321 g/mol. The van der Waals surface area contributed by atoms with Gasteiger partial charge in [-0.3, -0.25) is 9.59 Å². The molecule has 0 saturated carbocycles. The molecule has 0 radical (unpaired) electrons. The van der Waals surface area contributed by atoms with Crippen molar-refractivity contribution in [1.82, 2.24) is 4.90 Å². The van der Waals surface area contributed by atoms with Crippen LogP contribution in [-0.4, -0.2) is 49.2 Å². The number of benzene rings is 1. The van der Waals surface area contributed by atoms with E-state index in [0.29, 0.717) is 36.6 Å². The van der Waals surface area contributed by atoms with E-state index in [0.717, 1.165) is 5.56 Å². The summed E-state index contributed by atoms with van der Waals surface area (Å²) in [6.45, 7) is 4.62. The average Bonchev–Trinajstić information content (AvgIpc) is 2.53. The van der Waals surface area contributed by atoms with E-state index in [1.54, 1.807) is 31.3 Å². The number of carbonyl (C=O) groups excluding carboxylic acids is 1. The van der Waals surface area contributed by atoms with Crippen molar-refractivity contribution in [3.63, 3.8) is 0 Å². The molecule has 2 atom stereocenters. The summed E-state index contributed by atoms with van der Waals surface area (Å²) in [5, 5.41) is 9.18. The first-order valence-corrected chi connectivity index (χ1v) is 7.63. The molecule has 1 N–H and O–H groups in total. The standard InChI is InChI=1S/C17H23NO5/c1-10-9-18(6-5-13(10)17(20)21)16(19)12-7-14(22-3)11(2)15(8-12)23-4/h7-8,10,13H,5-6,9H2,1-4H3,(H,20,21). The van der Waals surface area contributed by atoms with E-state index in [9.17, 15) is 14.7 Å². The Morgan fingerprint density at radius 2 is 1.78 bits per heavy atom. The normalized spacial score (nSPS) is 21.0. The van der Waals surface area contributed by atoms with Crippen molar-refractivity contribution in [1.29, 1.82) is 0 Å². The number of carbonyl (C=O) groups is 2. The molecule has 0 spiro atoms. The summed E-state index contributed by atoms with van der Waals surface area (Å²) in [5.41, 5.74) is 1.33. The summed E-state index contributed by atoms with van der Waals surface area (Å²) in [6.07, 6.45) is 0.475. The van der Waals surface area contributed by atoms with Gasteiger partial charge in [0.05, 0.1) is 20.1 Å². The fourth-order valence-electron chi connectivity index (χ4n) is 3.09. The lowest BCUT2D eigenvalue weighted by molar-refractivity contribution is -0.145. The highest BCUT2D eigenvalue weighted by Gasteiger charge is 2.33. The number of carboxylic acid groups (broad SMARTS) is 1. The van der Waals surface area contributed by atoms with Gasteiger partial charge in [0.25, 0.3) is 5.91 Å². The van der Waals surface area contributed by atoms with Crippen LogP contribution in [0.15, 0.2) is 12.1 Å². The van der Waals surface area contributed by atoms with Gasteiger partial charge >= 0.3 is 5.97 Å². The summed E-state index contributed by atoms with van der Waals surface area (Å²) < 4.78 is 10.6. The smallest absolute Gasteiger partial charge is 0.306 e. The first-order chi connectivity index (χ1) is 10.9. The molecule has 1 fully saturated rings. The Labute approximate surface area is 136 Å². The van der Waals surface area contributed by atoms with Gasteiger partial charge in [-0.25, -0.2) is 0 Å². The minimum absolute atomic E-state index is 0.0700. The Kier molecular flexibility index (Phi) is 5.13. The Hall–Kier alpha value is -2.24. The second-order valence-electron chi connectivity index (χ2n) is 5.97. The van der Waals surface area contributed by atoms with Crippen molar-refractivity contribution in [2.45, 2.75) is 20.3 Å². The molecule has 23 heavy (non-hydrogen) atoms. The van der Waals surface area contributed by atoms with Gasteiger partial charge in [-0.2, -0.15) is 0 Å². The molecule has 1 amide bonds. The molecule has 1 aliphatic heterocycles. The minimum atomic E-state index is -0.789. The Morgan fingerprint density at radius 3 is 2.22 bits per heavy atom. The van der Waals surface area contributed by atoms with E-state index in [4.69, 9.17) is 9.47 Å². The number of methoxy groups -OCH3 is 2. The van der Waals surface area contributed by atoms with E-state index in [1.165, 1.54) is 0 Å². The largest absolute Gasteiger partial charge is 0.496 e. The highest BCUT2D eigenvalue weighted by Crippen LogP contribution is 2.31. The van der Waals surface area contributed by atoms with Gasteiger partial charge in [0, 0.05) is 24.2 Å². The van der Waals surface area contributed by atoms with Crippen molar-refractivity contribution in [3.05, 3.63) is 23.3 Å². The molecule has 1 aromatic rings. The van der Waals surface area contributed by atoms with Crippen molar-refractivity contribution < 1.29 is 24.2 Å². The zero-order valence-corrected chi connectivity index (χ0v) is 14.0. The second kappa shape index (κ2) is 6.89. The predicted octanol–water partition coefficient (Wildman–Crippen LogP) is 2.20. The van der Waals surface area contributed by atoms with Crippen LogP contribution in [0.5, 0.6) is 11.5 Å². The van der Waals surface area contributed by atoms with Crippen LogP contribution in [0.4, 0.5) is 0 Å². The van der Waals surface area contributed by atoms with E-state index in [1.807, 2.05) is 13.8 Å². The molecule has 2 unspecified atom stereocenters. The molecule has 6 heteroatoms. The fourth-order valence-corrected chi connectivity index (χ4v) is 3.09. The zero-order chi connectivity index (χ0) is 17.1. The maximum atomic E-state index is 12.7. The number of hydrogen-bond acceptors (Lipinski definition) is 4. The topological polar surface area (TPSA) is 76.1 Å². The van der Waals surface area contributed by atoms with Crippen LogP contribution >= 0.6 is 0 Å². The first-order valence-electron chi connectivity index (χ1n) is 7.63. The number of piperidine rings is 1. The molecule has 0 aromatic heterocycles. The third-order valence-electron chi connectivity index (χ3n) is 4.51. The summed E-state index contributed by atoms with van der Waals surface area (Å²) in [6, 6.07) is 3.41. The van der Waals surface area contributed by atoms with E-state index in [2.05, 4.69) is 0 Å². The van der Waals surface area contributed by atoms with Gasteiger partial charge in [-0.05, 0) is 31.4 Å². The van der Waals surface area contributed by atoms with Crippen LogP contribution in [0.3, 0.4) is 0 Å². The number of likely N-dealkylation sites (tertiary alicyclic amines) is 1. The number of aliphatic carboxylic acids is 1. The molecule has 1 aromatic carbocycles. The molecular weight excluding hydrogens is 298 g/mol. The van der Waals surface area contributed by atoms with Gasteiger partial charge < -0.3 is 19.5 Å². The lowest BCUT2D eigenvalue weighted by atomic mass is 9.87. The summed E-state index contributed by atoms with van der Waals surface area (Å²) >= 11 is 0. The number of rotatable bonds is 4. The summed E-state index contributed by atoms with van der Waals surface area (Å²) in [5.74, 6) is -0.177. The number of hydrogen-bond donors (Lipinski definition) is 1. The molecule has 1 aliphatic rings. The van der Waals surface area contributed by atoms with Crippen molar-refractivity contribution >= 4 is 11.9 Å². The number of nitrogens with zero attached hydrogens (tertiary/aromatic N) is 1. The average molecular weight is 321 g/mol. The molecular formula is C17H23NO5.